The van der Waals surface area contributed by atoms with Crippen molar-refractivity contribution in [3.05, 3.63) is 29.4 Å². The van der Waals surface area contributed by atoms with Crippen LogP contribution in [0.1, 0.15) is 32.1 Å². The molecular weight excluding hydrogens is 416 g/mol. The van der Waals surface area contributed by atoms with E-state index >= 15 is 0 Å². The molecule has 1 aliphatic heterocycles. The molecule has 31 heavy (non-hydrogen) atoms. The average molecular weight is 447 g/mol. The van der Waals surface area contributed by atoms with Crippen molar-refractivity contribution in [1.29, 1.82) is 0 Å². The number of aryl methyl sites for hydroxylation is 1. The Labute approximate surface area is 188 Å². The molecule has 2 fully saturated rings. The van der Waals surface area contributed by atoms with Gasteiger partial charge in [-0.2, -0.15) is 5.10 Å². The van der Waals surface area contributed by atoms with E-state index in [1.54, 1.807) is 10.9 Å². The van der Waals surface area contributed by atoms with Crippen molar-refractivity contribution in [2.45, 2.75) is 32.1 Å². The van der Waals surface area contributed by atoms with Gasteiger partial charge in [-0.3, -0.25) is 14.4 Å². The van der Waals surface area contributed by atoms with Crippen LogP contribution in [0.25, 0.3) is 11.3 Å². The fourth-order valence-electron chi connectivity index (χ4n) is 4.35. The number of nitrogens with zero attached hydrogens (tertiary/aromatic N) is 3. The molecule has 168 valence electrons. The number of aromatic nitrogens is 2. The lowest BCUT2D eigenvalue weighted by Crippen LogP contribution is -2.38. The van der Waals surface area contributed by atoms with E-state index < -0.39 is 0 Å². The largest absolute Gasteiger partial charge is 0.492 e. The van der Waals surface area contributed by atoms with E-state index in [-0.39, 0.29) is 11.8 Å². The van der Waals surface area contributed by atoms with Crippen molar-refractivity contribution < 1.29 is 14.3 Å². The van der Waals surface area contributed by atoms with Crippen LogP contribution in [0.3, 0.4) is 0 Å². The van der Waals surface area contributed by atoms with Gasteiger partial charge in [-0.1, -0.05) is 30.9 Å². The number of carbonyl (C=O) groups excluding carboxylic acids is 1. The van der Waals surface area contributed by atoms with Gasteiger partial charge in [-0.05, 0) is 31.0 Å². The molecule has 0 atom stereocenters. The van der Waals surface area contributed by atoms with Crippen molar-refractivity contribution in [1.82, 2.24) is 14.7 Å². The summed E-state index contributed by atoms with van der Waals surface area (Å²) >= 11 is 6.44. The van der Waals surface area contributed by atoms with Crippen LogP contribution in [0, 0.1) is 5.92 Å². The minimum atomic E-state index is 0.0990. The van der Waals surface area contributed by atoms with Crippen molar-refractivity contribution >= 4 is 23.2 Å². The first kappa shape index (κ1) is 22.1. The van der Waals surface area contributed by atoms with Crippen LogP contribution in [-0.4, -0.2) is 60.0 Å². The monoisotopic (exact) mass is 446 g/mol. The SMILES string of the molecule is Cn1ncc(Cl)c1-c1cc(NC(=O)C2CCCCC2)ccc1OCCN1CCOCC1. The molecule has 1 aromatic carbocycles. The molecule has 1 amide bonds. The quantitative estimate of drug-likeness (QED) is 0.696. The Kier molecular flexibility index (Phi) is 7.48. The molecule has 2 heterocycles. The van der Waals surface area contributed by atoms with Crippen LogP contribution in [-0.2, 0) is 16.6 Å². The van der Waals surface area contributed by atoms with E-state index in [1.807, 2.05) is 25.2 Å². The molecule has 1 aliphatic carbocycles. The fourth-order valence-corrected chi connectivity index (χ4v) is 4.62. The highest BCUT2D eigenvalue weighted by atomic mass is 35.5. The maximum Gasteiger partial charge on any atom is 0.227 e. The molecule has 2 aromatic rings. The Morgan fingerprint density at radius 3 is 2.74 bits per heavy atom. The maximum atomic E-state index is 12.7. The van der Waals surface area contributed by atoms with E-state index in [1.165, 1.54) is 6.42 Å². The highest BCUT2D eigenvalue weighted by Gasteiger charge is 2.22. The van der Waals surface area contributed by atoms with Gasteiger partial charge in [-0.25, -0.2) is 0 Å². The number of rotatable bonds is 7. The third kappa shape index (κ3) is 5.59. The van der Waals surface area contributed by atoms with Gasteiger partial charge >= 0.3 is 0 Å². The molecule has 1 saturated heterocycles. The zero-order valence-corrected chi connectivity index (χ0v) is 18.9. The van der Waals surface area contributed by atoms with Crippen molar-refractivity contribution in [3.63, 3.8) is 0 Å². The first-order valence-corrected chi connectivity index (χ1v) is 11.6. The van der Waals surface area contributed by atoms with Crippen LogP contribution >= 0.6 is 11.6 Å². The minimum Gasteiger partial charge on any atom is -0.492 e. The van der Waals surface area contributed by atoms with Gasteiger partial charge in [0.15, 0.2) is 0 Å². The Bertz CT molecular complexity index is 869. The number of morpholine rings is 1. The minimum absolute atomic E-state index is 0.0990. The van der Waals surface area contributed by atoms with Crippen LogP contribution in [0.2, 0.25) is 5.02 Å². The van der Waals surface area contributed by atoms with E-state index in [9.17, 15) is 4.79 Å². The lowest BCUT2D eigenvalue weighted by molar-refractivity contribution is -0.120. The van der Waals surface area contributed by atoms with Crippen LogP contribution in [0.15, 0.2) is 24.4 Å². The third-order valence-corrected chi connectivity index (χ3v) is 6.42. The highest BCUT2D eigenvalue weighted by Crippen LogP contribution is 2.37. The molecule has 2 aliphatic rings. The summed E-state index contributed by atoms with van der Waals surface area (Å²) in [6, 6.07) is 5.75. The van der Waals surface area contributed by atoms with Gasteiger partial charge in [0.2, 0.25) is 5.91 Å². The number of anilines is 1. The zero-order valence-electron chi connectivity index (χ0n) is 18.1. The summed E-state index contributed by atoms with van der Waals surface area (Å²) in [4.78, 5) is 15.1. The predicted octanol–water partition coefficient (Wildman–Crippen LogP) is 3.97. The number of hydrogen-bond donors (Lipinski definition) is 1. The Hall–Kier alpha value is -2.09. The van der Waals surface area contributed by atoms with Gasteiger partial charge < -0.3 is 14.8 Å². The summed E-state index contributed by atoms with van der Waals surface area (Å²) in [6.45, 7) is 4.79. The lowest BCUT2D eigenvalue weighted by atomic mass is 9.88. The van der Waals surface area contributed by atoms with Crippen LogP contribution in [0.4, 0.5) is 5.69 Å². The molecule has 1 N–H and O–H groups in total. The van der Waals surface area contributed by atoms with E-state index in [0.29, 0.717) is 11.6 Å². The van der Waals surface area contributed by atoms with E-state index in [4.69, 9.17) is 21.1 Å². The van der Waals surface area contributed by atoms with Crippen molar-refractivity contribution in [2.24, 2.45) is 13.0 Å². The number of hydrogen-bond acceptors (Lipinski definition) is 5. The van der Waals surface area contributed by atoms with E-state index in [2.05, 4.69) is 15.3 Å². The average Bonchev–Trinajstić information content (AvgIpc) is 3.13. The maximum absolute atomic E-state index is 12.7. The van der Waals surface area contributed by atoms with Crippen LogP contribution < -0.4 is 10.1 Å². The van der Waals surface area contributed by atoms with Gasteiger partial charge in [0.1, 0.15) is 12.4 Å². The molecule has 7 nitrogen and oxygen atoms in total. The zero-order chi connectivity index (χ0) is 21.6. The summed E-state index contributed by atoms with van der Waals surface area (Å²) in [5.41, 5.74) is 2.36. The standard InChI is InChI=1S/C23H31ClN4O3/c1-27-22(20(24)16-25-27)19-15-18(26-23(29)17-5-3-2-4-6-17)7-8-21(19)31-14-11-28-9-12-30-13-10-28/h7-8,15-17H,2-6,9-14H2,1H3,(H,26,29). The Balaban J connectivity index is 1.50. The first-order chi connectivity index (χ1) is 15.1. The summed E-state index contributed by atoms with van der Waals surface area (Å²) < 4.78 is 13.3. The second-order valence-corrected chi connectivity index (χ2v) is 8.71. The van der Waals surface area contributed by atoms with Gasteiger partial charge in [0, 0.05) is 43.9 Å². The van der Waals surface area contributed by atoms with Gasteiger partial charge in [-0.15, -0.1) is 0 Å². The number of ether oxygens (including phenoxy) is 2. The summed E-state index contributed by atoms with van der Waals surface area (Å²) in [6.07, 6.45) is 7.04. The second kappa shape index (κ2) is 10.5. The molecule has 0 bridgehead atoms. The molecule has 8 heteroatoms. The van der Waals surface area contributed by atoms with Crippen molar-refractivity contribution in [3.8, 4) is 17.0 Å². The number of halogens is 1. The summed E-state index contributed by atoms with van der Waals surface area (Å²) in [5, 5.41) is 7.92. The fraction of sp³-hybridized carbons (Fsp3) is 0.565. The summed E-state index contributed by atoms with van der Waals surface area (Å²) in [7, 11) is 1.85. The molecule has 0 radical (unpaired) electrons. The number of benzene rings is 1. The summed E-state index contributed by atoms with van der Waals surface area (Å²) in [5.74, 6) is 0.930. The molecule has 1 saturated carbocycles. The van der Waals surface area contributed by atoms with Gasteiger partial charge in [0.05, 0.1) is 30.1 Å². The third-order valence-electron chi connectivity index (χ3n) is 6.14. The van der Waals surface area contributed by atoms with Crippen molar-refractivity contribution in [2.75, 3.05) is 44.8 Å². The number of amides is 1. The molecule has 0 spiro atoms. The predicted molar refractivity (Wildman–Crippen MR) is 122 cm³/mol. The molecule has 0 unspecified atom stereocenters. The Morgan fingerprint density at radius 2 is 2.03 bits per heavy atom. The molecule has 1 aromatic heterocycles. The Morgan fingerprint density at radius 1 is 1.26 bits per heavy atom. The first-order valence-electron chi connectivity index (χ1n) is 11.2. The molecule has 4 rings (SSSR count). The second-order valence-electron chi connectivity index (χ2n) is 8.30. The number of carbonyl (C=O) groups is 1. The highest BCUT2D eigenvalue weighted by molar-refractivity contribution is 6.33. The number of nitrogens with one attached hydrogen (secondary N) is 1. The topological polar surface area (TPSA) is 68.6 Å². The lowest BCUT2D eigenvalue weighted by Gasteiger charge is -2.26. The van der Waals surface area contributed by atoms with Gasteiger partial charge in [0.25, 0.3) is 0 Å². The van der Waals surface area contributed by atoms with E-state index in [0.717, 1.165) is 81.2 Å². The normalized spacial score (nSPS) is 18.1. The smallest absolute Gasteiger partial charge is 0.227 e. The van der Waals surface area contributed by atoms with Crippen LogP contribution in [0.5, 0.6) is 5.75 Å². The molecular formula is C23H31ClN4O3.